The zero-order valence-electron chi connectivity index (χ0n) is 30.6. The average molecular weight is 801 g/mol. The van der Waals surface area contributed by atoms with Crippen molar-refractivity contribution in [3.8, 4) is 11.5 Å². The van der Waals surface area contributed by atoms with E-state index in [-0.39, 0.29) is 71.1 Å². The summed E-state index contributed by atoms with van der Waals surface area (Å²) in [5.41, 5.74) is 0. The number of nitrogens with one attached hydrogen (secondary N) is 8. The molecule has 10 rings (SSSR count). The molecule has 5 aliphatic heterocycles. The maximum absolute atomic E-state index is 11.8. The molecule has 5 heterocycles. The molecule has 299 valence electrons. The smallest absolute Gasteiger partial charge is 0.115 e. The summed E-state index contributed by atoms with van der Waals surface area (Å²) in [5, 5.41) is 50.2. The molecule has 17 unspecified atom stereocenters. The number of rotatable bonds is 2. The molecule has 4 saturated carbocycles. The van der Waals surface area contributed by atoms with Gasteiger partial charge >= 0.3 is 0 Å². The van der Waals surface area contributed by atoms with Gasteiger partial charge in [-0.05, 0) is 117 Å². The fraction of sp³-hybridized carbons (Fsp3) is 0.842. The number of aromatic hydroxyl groups is 2. The largest absolute Gasteiger partial charge is 0.508 e. The summed E-state index contributed by atoms with van der Waals surface area (Å²) in [6.45, 7) is 0. The van der Waals surface area contributed by atoms with Crippen molar-refractivity contribution in [2.45, 2.75) is 152 Å². The second-order valence-corrected chi connectivity index (χ2v) is 18.1. The first-order chi connectivity index (χ1) is 25.4. The zero-order valence-corrected chi connectivity index (χ0v) is 32.4. The van der Waals surface area contributed by atoms with Gasteiger partial charge in [-0.2, -0.15) is 0 Å². The second-order valence-electron chi connectivity index (χ2n) is 17.5. The minimum absolute atomic E-state index is 0. The van der Waals surface area contributed by atoms with Crippen molar-refractivity contribution in [2.75, 3.05) is 0 Å². The van der Waals surface area contributed by atoms with Crippen molar-refractivity contribution in [3.63, 3.8) is 0 Å². The van der Waals surface area contributed by atoms with Gasteiger partial charge in [0.25, 0.3) is 0 Å². The normalized spacial score (nSPS) is 47.2. The van der Waals surface area contributed by atoms with E-state index in [1.807, 2.05) is 0 Å². The van der Waals surface area contributed by atoms with Crippen LogP contribution in [0.2, 0.25) is 0 Å². The van der Waals surface area contributed by atoms with Gasteiger partial charge in [-0.3, -0.25) is 42.5 Å². The van der Waals surface area contributed by atoms with E-state index in [2.05, 4.69) is 42.5 Å². The Kier molecular flexibility index (Phi) is 12.3. The first-order valence-corrected chi connectivity index (χ1v) is 21.7. The summed E-state index contributed by atoms with van der Waals surface area (Å²) < 4.78 is 29.3. The van der Waals surface area contributed by atoms with Gasteiger partial charge in [-0.25, -0.2) is 0 Å². The Bertz CT molecular complexity index is 1430. The molecule has 13 nitrogen and oxygen atoms in total. The summed E-state index contributed by atoms with van der Waals surface area (Å²) in [5.74, 6) is 4.50. The molecule has 5 saturated heterocycles. The van der Waals surface area contributed by atoms with Crippen LogP contribution in [-0.2, 0) is 40.4 Å². The van der Waals surface area contributed by atoms with Crippen LogP contribution in [0.4, 0.5) is 0 Å². The van der Waals surface area contributed by atoms with Gasteiger partial charge in [0.1, 0.15) is 11.5 Å². The molecule has 53 heavy (non-hydrogen) atoms. The molecule has 9 fully saturated rings. The average Bonchev–Trinajstić information content (AvgIpc) is 3.89. The SMILES string of the molecule is O=[S-](=O)OC1CCCC2C3NC4NC(NC5NC(NC6NC(NC(N3)C12)C1CCCCC61)C1CCCCC51)C1CCCCC41.Oc1ccc(O)cc1.[Co]. The van der Waals surface area contributed by atoms with E-state index in [0.717, 1.165) is 19.3 Å². The number of benzene rings is 1. The third-order valence-corrected chi connectivity index (χ3v) is 15.3. The number of fused-ring (bicyclic) bond motifs is 20. The topological polar surface area (TPSA) is 180 Å². The molecule has 0 amide bonds. The maximum atomic E-state index is 11.8. The number of hydrogen-bond acceptors (Lipinski definition) is 14. The van der Waals surface area contributed by atoms with Crippen LogP contribution < -0.4 is 42.5 Å². The van der Waals surface area contributed by atoms with E-state index >= 15 is 0 Å². The summed E-state index contributed by atoms with van der Waals surface area (Å²) in [4.78, 5) is 0. The summed E-state index contributed by atoms with van der Waals surface area (Å²) >= 11 is 0. The molecule has 1 radical (unpaired) electrons. The molecular formula is C38H61CoN8O5S-. The predicted molar refractivity (Wildman–Crippen MR) is 196 cm³/mol. The molecule has 15 heteroatoms. The molecule has 8 bridgehead atoms. The van der Waals surface area contributed by atoms with E-state index in [1.54, 1.807) is 0 Å². The minimum atomic E-state index is -2.51. The van der Waals surface area contributed by atoms with Gasteiger partial charge in [0.2, 0.25) is 0 Å². The van der Waals surface area contributed by atoms with Crippen LogP contribution in [0.25, 0.3) is 0 Å². The number of phenols is 2. The van der Waals surface area contributed by atoms with E-state index in [9.17, 15) is 8.42 Å². The molecule has 1 aromatic carbocycles. The quantitative estimate of drug-likeness (QED) is 0.156. The van der Waals surface area contributed by atoms with Gasteiger partial charge in [0, 0.05) is 28.8 Å². The molecule has 1 aromatic rings. The Hall–Kier alpha value is -1.08. The first-order valence-electron chi connectivity index (χ1n) is 20.7. The third-order valence-electron chi connectivity index (χ3n) is 14.9. The first kappa shape index (κ1) is 38.8. The second kappa shape index (κ2) is 16.8. The van der Waals surface area contributed by atoms with Gasteiger partial charge in [-0.15, -0.1) is 0 Å². The van der Waals surface area contributed by atoms with Gasteiger partial charge in [0.05, 0.1) is 60.3 Å². The molecule has 0 spiro atoms. The van der Waals surface area contributed by atoms with Crippen LogP contribution in [-0.4, -0.2) is 65.6 Å². The molecule has 0 aromatic heterocycles. The number of phenolic OH excluding ortho intramolecular Hbond substituents is 2. The fourth-order valence-electron chi connectivity index (χ4n) is 12.7. The van der Waals surface area contributed by atoms with Crippen molar-refractivity contribution in [1.82, 2.24) is 42.5 Å². The summed E-state index contributed by atoms with van der Waals surface area (Å²) in [6.07, 6.45) is 20.0. The Morgan fingerprint density at radius 1 is 0.434 bits per heavy atom. The standard InChI is InChI=1S/C32H55N8O3S.C6H6O2.Co/c41-44(42)43-23-15-7-14-22-24(23)32-39-30-21-13-6-5-12-20(21)28(37-30)35-26-17-9-2-1-8-16(17)25(33-26)34-27-18-10-3-4-11-19(18)29(36-27)38-31(22)40-32;7-5-1-2-6(8)4-3-5;/h16-40H,1-15H2;1-4,7-8H;/q-1;;. The third kappa shape index (κ3) is 7.93. The summed E-state index contributed by atoms with van der Waals surface area (Å²) in [7, 11) is -2.51. The van der Waals surface area contributed by atoms with Crippen molar-refractivity contribution < 1.29 is 39.6 Å². The number of hydrogen-bond donors (Lipinski definition) is 10. The monoisotopic (exact) mass is 800 g/mol. The van der Waals surface area contributed by atoms with E-state index < -0.39 is 11.0 Å². The van der Waals surface area contributed by atoms with Crippen molar-refractivity contribution in [3.05, 3.63) is 24.3 Å². The van der Waals surface area contributed by atoms with Crippen molar-refractivity contribution in [2.24, 2.45) is 47.3 Å². The van der Waals surface area contributed by atoms with Crippen molar-refractivity contribution >= 4 is 11.0 Å². The Balaban J connectivity index is 0.000000397. The van der Waals surface area contributed by atoms with Crippen molar-refractivity contribution in [1.29, 1.82) is 0 Å². The van der Waals surface area contributed by atoms with E-state index in [0.29, 0.717) is 59.9 Å². The van der Waals surface area contributed by atoms with Crippen LogP contribution >= 0.6 is 0 Å². The van der Waals surface area contributed by atoms with Gasteiger partial charge < -0.3 is 22.8 Å². The van der Waals surface area contributed by atoms with Gasteiger partial charge in [-0.1, -0.05) is 44.9 Å². The van der Waals surface area contributed by atoms with E-state index in [4.69, 9.17) is 14.4 Å². The Labute approximate surface area is 326 Å². The minimum Gasteiger partial charge on any atom is -0.508 e. The summed E-state index contributed by atoms with van der Waals surface area (Å²) in [6, 6.07) is 5.70. The molecule has 17 atom stereocenters. The van der Waals surface area contributed by atoms with Crippen LogP contribution in [0.1, 0.15) is 96.3 Å². The van der Waals surface area contributed by atoms with E-state index in [1.165, 1.54) is 101 Å². The maximum Gasteiger partial charge on any atom is 0.115 e. The molecule has 4 aliphatic carbocycles. The van der Waals surface area contributed by atoms with Crippen LogP contribution in [0.15, 0.2) is 24.3 Å². The Morgan fingerprint density at radius 2 is 0.717 bits per heavy atom. The van der Waals surface area contributed by atoms with Crippen LogP contribution in [0.3, 0.4) is 0 Å². The zero-order chi connectivity index (χ0) is 35.3. The van der Waals surface area contributed by atoms with Crippen LogP contribution in [0.5, 0.6) is 11.5 Å². The van der Waals surface area contributed by atoms with Gasteiger partial charge in [0.15, 0.2) is 0 Å². The molecular weight excluding hydrogens is 739 g/mol. The molecule has 9 aliphatic rings. The fourth-order valence-corrected chi connectivity index (χ4v) is 13.1. The molecule has 10 N–H and O–H groups in total. The Morgan fingerprint density at radius 3 is 1.04 bits per heavy atom. The van der Waals surface area contributed by atoms with Crippen LogP contribution in [0, 0.1) is 47.3 Å². The predicted octanol–water partition coefficient (Wildman–Crippen LogP) is 2.92.